The number of benzene rings is 5. The van der Waals surface area contributed by atoms with E-state index in [4.69, 9.17) is 19.9 Å². The zero-order valence-electron chi connectivity index (χ0n) is 28.3. The molecule has 6 aromatic heterocycles. The summed E-state index contributed by atoms with van der Waals surface area (Å²) >= 11 is 0. The molecule has 0 aliphatic heterocycles. The Morgan fingerprint density at radius 2 is 1.11 bits per heavy atom. The Kier molecular flexibility index (Phi) is 6.45. The molecule has 0 aliphatic carbocycles. The predicted molar refractivity (Wildman–Crippen MR) is 216 cm³/mol. The summed E-state index contributed by atoms with van der Waals surface area (Å²) in [5, 5.41) is 9.14. The van der Waals surface area contributed by atoms with Gasteiger partial charge in [0.1, 0.15) is 5.82 Å². The van der Waals surface area contributed by atoms with Gasteiger partial charge in [0.15, 0.2) is 0 Å². The van der Waals surface area contributed by atoms with Crippen LogP contribution >= 0.6 is 0 Å². The molecule has 0 unspecified atom stereocenters. The molecule has 53 heavy (non-hydrogen) atoms. The van der Waals surface area contributed by atoms with Gasteiger partial charge in [-0.2, -0.15) is 0 Å². The van der Waals surface area contributed by atoms with Gasteiger partial charge in [0, 0.05) is 74.6 Å². The van der Waals surface area contributed by atoms with E-state index in [2.05, 4.69) is 131 Å². The van der Waals surface area contributed by atoms with E-state index >= 15 is 0 Å². The summed E-state index contributed by atoms with van der Waals surface area (Å²) in [5.41, 5.74) is 10.00. The van der Waals surface area contributed by atoms with Crippen molar-refractivity contribution < 1.29 is 0 Å². The van der Waals surface area contributed by atoms with Crippen LogP contribution in [0.15, 0.2) is 171 Å². The summed E-state index contributed by atoms with van der Waals surface area (Å²) in [6.45, 7) is 0. The molecule has 0 amide bonds. The van der Waals surface area contributed by atoms with Crippen molar-refractivity contribution in [3.63, 3.8) is 0 Å². The topological polar surface area (TPSA) is 69.4 Å². The fourth-order valence-electron chi connectivity index (χ4n) is 7.94. The van der Waals surface area contributed by atoms with Gasteiger partial charge in [-0.05, 0) is 82.4 Å². The van der Waals surface area contributed by atoms with Crippen LogP contribution in [0.3, 0.4) is 0 Å². The molecule has 0 atom stereocenters. The van der Waals surface area contributed by atoms with Crippen LogP contribution in [0.5, 0.6) is 0 Å². The van der Waals surface area contributed by atoms with Crippen LogP contribution in [0, 0.1) is 0 Å². The van der Waals surface area contributed by atoms with E-state index in [1.807, 2.05) is 49.2 Å². The first-order valence-corrected chi connectivity index (χ1v) is 17.6. The second kappa shape index (κ2) is 11.6. The number of fused-ring (bicyclic) bond motifs is 9. The number of hydrogen-bond donors (Lipinski definition) is 0. The summed E-state index contributed by atoms with van der Waals surface area (Å²) in [4.78, 5) is 24.1. The van der Waals surface area contributed by atoms with Crippen molar-refractivity contribution in [3.8, 4) is 39.5 Å². The highest BCUT2D eigenvalue weighted by atomic mass is 15.1. The van der Waals surface area contributed by atoms with Crippen LogP contribution in [0.2, 0.25) is 0 Å². The average molecular weight is 677 g/mol. The van der Waals surface area contributed by atoms with Gasteiger partial charge in [-0.1, -0.05) is 78.9 Å². The van der Waals surface area contributed by atoms with E-state index in [1.54, 1.807) is 0 Å². The Morgan fingerprint density at radius 1 is 0.396 bits per heavy atom. The maximum atomic E-state index is 5.05. The molecule has 246 valence electrons. The van der Waals surface area contributed by atoms with Crippen molar-refractivity contribution in [2.75, 3.05) is 0 Å². The Balaban J connectivity index is 1.05. The maximum Gasteiger partial charge on any atom is 0.137 e. The fourth-order valence-corrected chi connectivity index (χ4v) is 7.94. The lowest BCUT2D eigenvalue weighted by Crippen LogP contribution is -1.98. The van der Waals surface area contributed by atoms with E-state index < -0.39 is 0 Å². The van der Waals surface area contributed by atoms with Gasteiger partial charge in [-0.15, -0.1) is 0 Å². The monoisotopic (exact) mass is 676 g/mol. The molecule has 0 bridgehead atoms. The van der Waals surface area contributed by atoms with E-state index in [1.165, 1.54) is 16.2 Å². The smallest absolute Gasteiger partial charge is 0.137 e. The molecule has 0 saturated heterocycles. The average Bonchev–Trinajstić information content (AvgIpc) is 3.57. The van der Waals surface area contributed by atoms with Crippen LogP contribution in [0.25, 0.3) is 105 Å². The van der Waals surface area contributed by atoms with Gasteiger partial charge in [0.05, 0.1) is 33.5 Å². The Labute approximate surface area is 303 Å². The van der Waals surface area contributed by atoms with Crippen molar-refractivity contribution in [1.29, 1.82) is 0 Å². The molecule has 0 radical (unpaired) electrons. The molecule has 6 heterocycles. The highest BCUT2D eigenvalue weighted by Gasteiger charge is 2.18. The number of hydrogen-bond acceptors (Lipinski definition) is 5. The zero-order valence-corrected chi connectivity index (χ0v) is 28.3. The number of pyridine rings is 5. The maximum absolute atomic E-state index is 5.05. The first-order chi connectivity index (χ1) is 26.3. The first-order valence-electron chi connectivity index (χ1n) is 17.6. The van der Waals surface area contributed by atoms with E-state index in [9.17, 15) is 0 Å². The minimum absolute atomic E-state index is 0.854. The quantitative estimate of drug-likeness (QED) is 0.174. The third kappa shape index (κ3) is 4.63. The fraction of sp³-hybridized carbons (Fsp3) is 0. The standard InChI is InChI=1S/C47H28N6/c1-3-10-35-29(7-1)14-19-42-44(35)39-25-31(40-17-13-33(27-51-40)38-26-32-9-5-22-48-46(32)47-37(38)12-6-23-49-47)15-18-41(39)53(42)43-20-16-34(28-52-43)45-36-11-4-2-8-30(36)21-24-50-45/h1-28H. The molecule has 0 N–H and O–H groups in total. The second-order valence-corrected chi connectivity index (χ2v) is 13.4. The van der Waals surface area contributed by atoms with Gasteiger partial charge < -0.3 is 0 Å². The minimum atomic E-state index is 0.854. The summed E-state index contributed by atoms with van der Waals surface area (Å²) in [6, 6.07) is 48.9. The Morgan fingerprint density at radius 3 is 1.96 bits per heavy atom. The van der Waals surface area contributed by atoms with Crippen molar-refractivity contribution in [1.82, 2.24) is 29.5 Å². The number of aromatic nitrogens is 6. The van der Waals surface area contributed by atoms with Crippen LogP contribution in [-0.4, -0.2) is 29.5 Å². The summed E-state index contributed by atoms with van der Waals surface area (Å²) in [6.07, 6.45) is 9.42. The van der Waals surface area contributed by atoms with Gasteiger partial charge >= 0.3 is 0 Å². The molecule has 0 fully saturated rings. The Hall–Kier alpha value is -7.31. The van der Waals surface area contributed by atoms with Crippen molar-refractivity contribution >= 4 is 65.2 Å². The molecular formula is C47H28N6. The molecular weight excluding hydrogens is 649 g/mol. The van der Waals surface area contributed by atoms with Gasteiger partial charge in [-0.25, -0.2) is 4.98 Å². The first kappa shape index (κ1) is 29.4. The van der Waals surface area contributed by atoms with Gasteiger partial charge in [0.2, 0.25) is 0 Å². The normalized spacial score (nSPS) is 11.8. The van der Waals surface area contributed by atoms with E-state index in [0.717, 1.165) is 88.5 Å². The summed E-state index contributed by atoms with van der Waals surface area (Å²) in [5.74, 6) is 0.854. The van der Waals surface area contributed by atoms with Crippen LogP contribution in [0.4, 0.5) is 0 Å². The van der Waals surface area contributed by atoms with Crippen LogP contribution in [-0.2, 0) is 0 Å². The van der Waals surface area contributed by atoms with E-state index in [-0.39, 0.29) is 0 Å². The Bertz CT molecular complexity index is 3210. The molecule has 5 aromatic carbocycles. The molecule has 0 aliphatic rings. The zero-order chi connectivity index (χ0) is 34.9. The third-order valence-electron chi connectivity index (χ3n) is 10.4. The van der Waals surface area contributed by atoms with Crippen LogP contribution in [0.1, 0.15) is 0 Å². The lowest BCUT2D eigenvalue weighted by atomic mass is 9.98. The largest absolute Gasteiger partial charge is 0.294 e. The number of rotatable bonds is 4. The lowest BCUT2D eigenvalue weighted by Gasteiger charge is -2.11. The third-order valence-corrected chi connectivity index (χ3v) is 10.4. The number of nitrogens with zero attached hydrogens (tertiary/aromatic N) is 6. The predicted octanol–water partition coefficient (Wildman–Crippen LogP) is 11.4. The van der Waals surface area contributed by atoms with E-state index in [0.29, 0.717) is 0 Å². The molecule has 0 saturated carbocycles. The second-order valence-electron chi connectivity index (χ2n) is 13.4. The SMILES string of the molecule is c1ccc2c(-c3ccc(-n4c5ccc(-c6ccc(-c7cc8cccnc8c8ncccc78)cn6)cc5c5c6ccccc6ccc54)nc3)nccc2c1. The van der Waals surface area contributed by atoms with Gasteiger partial charge in [-0.3, -0.25) is 24.5 Å². The highest BCUT2D eigenvalue weighted by molar-refractivity contribution is 6.22. The summed E-state index contributed by atoms with van der Waals surface area (Å²) < 4.78 is 2.27. The van der Waals surface area contributed by atoms with Crippen molar-refractivity contribution in [2.45, 2.75) is 0 Å². The summed E-state index contributed by atoms with van der Waals surface area (Å²) in [7, 11) is 0. The highest BCUT2D eigenvalue weighted by Crippen LogP contribution is 2.39. The van der Waals surface area contributed by atoms with Crippen molar-refractivity contribution in [3.05, 3.63) is 171 Å². The molecule has 11 rings (SSSR count). The molecule has 11 aromatic rings. The lowest BCUT2D eigenvalue weighted by molar-refractivity contribution is 1.08. The molecule has 6 nitrogen and oxygen atoms in total. The minimum Gasteiger partial charge on any atom is -0.294 e. The van der Waals surface area contributed by atoms with Gasteiger partial charge in [0.25, 0.3) is 0 Å². The van der Waals surface area contributed by atoms with Crippen molar-refractivity contribution in [2.24, 2.45) is 0 Å². The molecule has 6 heteroatoms. The molecule has 0 spiro atoms. The van der Waals surface area contributed by atoms with Crippen LogP contribution < -0.4 is 0 Å².